The van der Waals surface area contributed by atoms with Crippen molar-refractivity contribution in [2.75, 3.05) is 52.4 Å². The second kappa shape index (κ2) is 14.1. The summed E-state index contributed by atoms with van der Waals surface area (Å²) in [7, 11) is 5.54. The van der Waals surface area contributed by atoms with E-state index in [0.29, 0.717) is 19.8 Å². The average molecular weight is 512 g/mol. The summed E-state index contributed by atoms with van der Waals surface area (Å²) in [4.78, 5) is 6.52. The highest BCUT2D eigenvalue weighted by Gasteiger charge is 2.06. The molecule has 0 aromatic heterocycles. The maximum Gasteiger partial charge on any atom is 0.191 e. The maximum atomic E-state index is 5.85. The molecule has 0 atom stereocenters. The second-order valence-electron chi connectivity index (χ2n) is 6.56. The Morgan fingerprint density at radius 1 is 1.07 bits per heavy atom. The van der Waals surface area contributed by atoms with Gasteiger partial charge in [0.2, 0.25) is 0 Å². The van der Waals surface area contributed by atoms with Crippen molar-refractivity contribution in [3.63, 3.8) is 0 Å². The van der Waals surface area contributed by atoms with E-state index in [1.54, 1.807) is 14.2 Å². The fourth-order valence-corrected chi connectivity index (χ4v) is 2.73. The Labute approximate surface area is 191 Å². The predicted molar refractivity (Wildman–Crippen MR) is 132 cm³/mol. The molecule has 0 saturated carbocycles. The molecule has 29 heavy (non-hydrogen) atoms. The first kappa shape index (κ1) is 25.0. The van der Waals surface area contributed by atoms with Crippen LogP contribution in [0.1, 0.15) is 11.1 Å². The normalized spacial score (nSPS) is 10.8. The number of rotatable bonds is 10. The monoisotopic (exact) mass is 512 g/mol. The number of nitrogens with one attached hydrogen (secondary N) is 2. The molecule has 2 aromatic rings. The molecule has 2 N–H and O–H groups in total. The molecule has 0 heterocycles. The third-order valence-corrected chi connectivity index (χ3v) is 4.37. The molecule has 160 valence electrons. The van der Waals surface area contributed by atoms with Gasteiger partial charge in [-0.2, -0.15) is 0 Å². The highest BCUT2D eigenvalue weighted by Crippen LogP contribution is 2.20. The number of guanidine groups is 1. The van der Waals surface area contributed by atoms with E-state index in [4.69, 9.17) is 9.47 Å². The third kappa shape index (κ3) is 8.91. The lowest BCUT2D eigenvalue weighted by atomic mass is 10.1. The Balaban J connectivity index is 0.00000420. The number of hydrogen-bond donors (Lipinski definition) is 2. The van der Waals surface area contributed by atoms with Gasteiger partial charge in [-0.1, -0.05) is 30.3 Å². The number of aryl methyl sites for hydroxylation is 1. The van der Waals surface area contributed by atoms with Crippen molar-refractivity contribution < 1.29 is 9.47 Å². The van der Waals surface area contributed by atoms with Crippen LogP contribution in [0.3, 0.4) is 0 Å². The zero-order valence-electron chi connectivity index (χ0n) is 17.8. The highest BCUT2D eigenvalue weighted by molar-refractivity contribution is 14.0. The summed E-state index contributed by atoms with van der Waals surface area (Å²) in [6, 6.07) is 16.6. The molecule has 7 heteroatoms. The van der Waals surface area contributed by atoms with Crippen LogP contribution in [0.4, 0.5) is 5.69 Å². The first-order valence-electron chi connectivity index (χ1n) is 9.56. The van der Waals surface area contributed by atoms with Crippen molar-refractivity contribution >= 4 is 35.6 Å². The maximum absolute atomic E-state index is 5.85. The second-order valence-corrected chi connectivity index (χ2v) is 6.56. The number of nitrogens with zero attached hydrogens (tertiary/aromatic N) is 2. The Kier molecular flexibility index (Phi) is 12.1. The lowest BCUT2D eigenvalue weighted by molar-refractivity contribution is 0.145. The molecular weight excluding hydrogens is 479 g/mol. The number of likely N-dealkylation sites (N-methyl/N-ethyl adjacent to an activating group) is 1. The first-order chi connectivity index (χ1) is 13.6. The van der Waals surface area contributed by atoms with Crippen LogP contribution in [-0.2, 0) is 11.3 Å². The van der Waals surface area contributed by atoms with E-state index < -0.39 is 0 Å². The summed E-state index contributed by atoms with van der Waals surface area (Å²) >= 11 is 0. The van der Waals surface area contributed by atoms with Crippen LogP contribution in [0.2, 0.25) is 0 Å². The van der Waals surface area contributed by atoms with E-state index >= 15 is 0 Å². The lowest BCUT2D eigenvalue weighted by Gasteiger charge is -2.20. The molecule has 0 radical (unpaired) electrons. The van der Waals surface area contributed by atoms with Crippen LogP contribution in [0.5, 0.6) is 5.75 Å². The van der Waals surface area contributed by atoms with Gasteiger partial charge in [-0.15, -0.1) is 24.0 Å². The number of halogens is 1. The number of anilines is 1. The van der Waals surface area contributed by atoms with Gasteiger partial charge in [0.05, 0.1) is 6.61 Å². The van der Waals surface area contributed by atoms with E-state index in [1.807, 2.05) is 18.2 Å². The van der Waals surface area contributed by atoms with E-state index in [0.717, 1.165) is 30.4 Å². The Bertz CT molecular complexity index is 741. The van der Waals surface area contributed by atoms with E-state index in [-0.39, 0.29) is 24.0 Å². The van der Waals surface area contributed by atoms with Crippen molar-refractivity contribution in [2.24, 2.45) is 4.99 Å². The van der Waals surface area contributed by atoms with Gasteiger partial charge in [0.25, 0.3) is 0 Å². The van der Waals surface area contributed by atoms with Crippen LogP contribution in [0.25, 0.3) is 0 Å². The molecule has 0 unspecified atom stereocenters. The van der Waals surface area contributed by atoms with Crippen LogP contribution in [0.15, 0.2) is 53.5 Å². The molecule has 0 spiro atoms. The number of hydrogen-bond acceptors (Lipinski definition) is 4. The summed E-state index contributed by atoms with van der Waals surface area (Å²) < 4.78 is 10.9. The summed E-state index contributed by atoms with van der Waals surface area (Å²) in [6.07, 6.45) is 0. The molecule has 0 amide bonds. The molecule has 0 fully saturated rings. The van der Waals surface area contributed by atoms with E-state index in [1.165, 1.54) is 11.3 Å². The van der Waals surface area contributed by atoms with Gasteiger partial charge in [-0.3, -0.25) is 4.99 Å². The summed E-state index contributed by atoms with van der Waals surface area (Å²) in [5.74, 6) is 1.65. The minimum Gasteiger partial charge on any atom is -0.491 e. The molecule has 0 saturated heterocycles. The lowest BCUT2D eigenvalue weighted by Crippen LogP contribution is -2.40. The van der Waals surface area contributed by atoms with Gasteiger partial charge in [0, 0.05) is 52.1 Å². The van der Waals surface area contributed by atoms with Crippen LogP contribution in [0, 0.1) is 6.92 Å². The summed E-state index contributed by atoms with van der Waals surface area (Å²) in [5, 5.41) is 6.72. The zero-order chi connectivity index (χ0) is 20.2. The SMILES string of the molecule is CN=C(NCCN(C)c1ccccc1)NCc1ccc(C)cc1OCCOC.I. The average Bonchev–Trinajstić information content (AvgIpc) is 2.72. The van der Waals surface area contributed by atoms with Gasteiger partial charge >= 0.3 is 0 Å². The van der Waals surface area contributed by atoms with Crippen LogP contribution >= 0.6 is 24.0 Å². The predicted octanol–water partition coefficient (Wildman–Crippen LogP) is 3.44. The van der Waals surface area contributed by atoms with E-state index in [9.17, 15) is 0 Å². The standard InChI is InChI=1S/C22H32N4O2.HI/c1-18-10-11-19(21(16-18)28-15-14-27-4)17-25-22(23-2)24-12-13-26(3)20-8-6-5-7-9-20;/h5-11,16H,12-15,17H2,1-4H3,(H2,23,24,25);1H. The number of methoxy groups -OCH3 is 1. The molecule has 2 aromatic carbocycles. The van der Waals surface area contributed by atoms with Crippen molar-refractivity contribution in [2.45, 2.75) is 13.5 Å². The quantitative estimate of drug-likeness (QED) is 0.221. The van der Waals surface area contributed by atoms with Gasteiger partial charge in [0.15, 0.2) is 5.96 Å². The van der Waals surface area contributed by atoms with Crippen LogP contribution < -0.4 is 20.3 Å². The molecule has 0 bridgehead atoms. The van der Waals surface area contributed by atoms with Crippen molar-refractivity contribution in [1.82, 2.24) is 10.6 Å². The largest absolute Gasteiger partial charge is 0.491 e. The topological polar surface area (TPSA) is 58.1 Å². The highest BCUT2D eigenvalue weighted by atomic mass is 127. The number of aliphatic imine (C=N–C) groups is 1. The molecule has 6 nitrogen and oxygen atoms in total. The summed E-state index contributed by atoms with van der Waals surface area (Å²) in [6.45, 7) is 5.46. The Hall–Kier alpha value is -2.00. The number of ether oxygens (including phenoxy) is 2. The number of para-hydroxylation sites is 1. The van der Waals surface area contributed by atoms with Crippen molar-refractivity contribution in [3.05, 3.63) is 59.7 Å². The van der Waals surface area contributed by atoms with Gasteiger partial charge in [0.1, 0.15) is 12.4 Å². The van der Waals surface area contributed by atoms with Gasteiger partial charge < -0.3 is 25.0 Å². The first-order valence-corrected chi connectivity index (χ1v) is 9.56. The molecular formula is C22H33IN4O2. The Morgan fingerprint density at radius 2 is 1.83 bits per heavy atom. The Morgan fingerprint density at radius 3 is 2.52 bits per heavy atom. The fourth-order valence-electron chi connectivity index (χ4n) is 2.73. The van der Waals surface area contributed by atoms with Crippen molar-refractivity contribution in [3.8, 4) is 5.75 Å². The van der Waals surface area contributed by atoms with Gasteiger partial charge in [-0.05, 0) is 30.7 Å². The summed E-state index contributed by atoms with van der Waals surface area (Å²) in [5.41, 5.74) is 3.46. The molecule has 0 aliphatic rings. The minimum atomic E-state index is 0. The zero-order valence-corrected chi connectivity index (χ0v) is 20.1. The minimum absolute atomic E-state index is 0. The fraction of sp³-hybridized carbons (Fsp3) is 0.409. The van der Waals surface area contributed by atoms with Crippen LogP contribution in [-0.4, -0.2) is 53.5 Å². The molecule has 0 aliphatic heterocycles. The molecule has 0 aliphatic carbocycles. The van der Waals surface area contributed by atoms with Crippen molar-refractivity contribution in [1.29, 1.82) is 0 Å². The van der Waals surface area contributed by atoms with Gasteiger partial charge in [-0.25, -0.2) is 0 Å². The third-order valence-electron chi connectivity index (χ3n) is 4.37. The smallest absolute Gasteiger partial charge is 0.191 e. The number of benzene rings is 2. The van der Waals surface area contributed by atoms with E-state index in [2.05, 4.69) is 64.8 Å². The molecule has 2 rings (SSSR count).